The molecule has 0 spiro atoms. The molecule has 3 aromatic rings. The Morgan fingerprint density at radius 1 is 1.00 bits per heavy atom. The van der Waals surface area contributed by atoms with Crippen molar-refractivity contribution in [3.05, 3.63) is 60.3 Å². The second kappa shape index (κ2) is 4.67. The van der Waals surface area contributed by atoms with E-state index in [1.807, 2.05) is 7.05 Å². The fourth-order valence-electron chi connectivity index (χ4n) is 2.32. The van der Waals surface area contributed by atoms with Gasteiger partial charge in [0.2, 0.25) is 0 Å². The van der Waals surface area contributed by atoms with Crippen LogP contribution in [0.15, 0.2) is 54.7 Å². The maximum Gasteiger partial charge on any atom is 0.0460 e. The van der Waals surface area contributed by atoms with Crippen LogP contribution in [0.1, 0.15) is 5.56 Å². The Labute approximate surface area is 107 Å². The van der Waals surface area contributed by atoms with Gasteiger partial charge in [0.15, 0.2) is 0 Å². The molecule has 0 bridgehead atoms. The van der Waals surface area contributed by atoms with Gasteiger partial charge in [-0.15, -0.1) is 0 Å². The smallest absolute Gasteiger partial charge is 0.0460 e. The van der Waals surface area contributed by atoms with Gasteiger partial charge in [0.25, 0.3) is 0 Å². The summed E-state index contributed by atoms with van der Waals surface area (Å²) in [5.41, 5.74) is 5.02. The Kier molecular flexibility index (Phi) is 2.87. The van der Waals surface area contributed by atoms with E-state index in [0.717, 1.165) is 6.54 Å². The molecule has 0 fully saturated rings. The molecular formula is C16H16N2. The van der Waals surface area contributed by atoms with Crippen LogP contribution in [-0.2, 0) is 6.54 Å². The summed E-state index contributed by atoms with van der Waals surface area (Å²) in [6.45, 7) is 0.911. The first-order chi connectivity index (χ1) is 8.88. The van der Waals surface area contributed by atoms with Crippen molar-refractivity contribution in [2.45, 2.75) is 6.54 Å². The van der Waals surface area contributed by atoms with Crippen LogP contribution in [-0.4, -0.2) is 12.0 Å². The molecule has 0 unspecified atom stereocenters. The molecule has 3 rings (SSSR count). The molecule has 2 nitrogen and oxygen atoms in total. The average molecular weight is 236 g/mol. The van der Waals surface area contributed by atoms with E-state index in [-0.39, 0.29) is 0 Å². The lowest BCUT2D eigenvalue weighted by Gasteiger charge is -2.03. The van der Waals surface area contributed by atoms with E-state index in [2.05, 4.69) is 65.0 Å². The van der Waals surface area contributed by atoms with Crippen molar-refractivity contribution in [3.63, 3.8) is 0 Å². The van der Waals surface area contributed by atoms with Gasteiger partial charge in [0.1, 0.15) is 0 Å². The predicted molar refractivity (Wildman–Crippen MR) is 76.5 cm³/mol. The van der Waals surface area contributed by atoms with Crippen LogP contribution >= 0.6 is 0 Å². The highest BCUT2D eigenvalue weighted by Crippen LogP contribution is 2.28. The molecule has 0 radical (unpaired) electrons. The fraction of sp³-hybridized carbons (Fsp3) is 0.125. The summed E-state index contributed by atoms with van der Waals surface area (Å²) in [6, 6.07) is 17.1. The van der Waals surface area contributed by atoms with Gasteiger partial charge in [-0.2, -0.15) is 0 Å². The van der Waals surface area contributed by atoms with E-state index < -0.39 is 0 Å². The molecule has 2 N–H and O–H groups in total. The van der Waals surface area contributed by atoms with Crippen LogP contribution in [0.25, 0.3) is 22.0 Å². The van der Waals surface area contributed by atoms with Gasteiger partial charge in [-0.05, 0) is 24.2 Å². The Bertz CT molecular complexity index is 650. The van der Waals surface area contributed by atoms with E-state index in [0.29, 0.717) is 0 Å². The first-order valence-electron chi connectivity index (χ1n) is 6.18. The number of fused-ring (bicyclic) bond motifs is 1. The lowest BCUT2D eigenvalue weighted by Crippen LogP contribution is -2.04. The zero-order valence-corrected chi connectivity index (χ0v) is 10.4. The SMILES string of the molecule is CNCc1ccc(-c2c[nH]c3ccccc23)cc1. The number of benzene rings is 2. The van der Waals surface area contributed by atoms with Gasteiger partial charge in [-0.25, -0.2) is 0 Å². The van der Waals surface area contributed by atoms with Crippen LogP contribution in [0.3, 0.4) is 0 Å². The average Bonchev–Trinajstić information content (AvgIpc) is 2.84. The summed E-state index contributed by atoms with van der Waals surface area (Å²) in [7, 11) is 1.97. The lowest BCUT2D eigenvalue weighted by atomic mass is 10.0. The molecule has 0 aliphatic heterocycles. The third kappa shape index (κ3) is 1.91. The van der Waals surface area contributed by atoms with Crippen LogP contribution < -0.4 is 5.32 Å². The van der Waals surface area contributed by atoms with Gasteiger partial charge in [0.05, 0.1) is 0 Å². The minimum Gasteiger partial charge on any atom is -0.361 e. The third-order valence-corrected chi connectivity index (χ3v) is 3.24. The van der Waals surface area contributed by atoms with Gasteiger partial charge in [-0.1, -0.05) is 42.5 Å². The van der Waals surface area contributed by atoms with Crippen molar-refractivity contribution in [1.82, 2.24) is 10.3 Å². The van der Waals surface area contributed by atoms with Crippen molar-refractivity contribution < 1.29 is 0 Å². The highest BCUT2D eigenvalue weighted by atomic mass is 14.8. The van der Waals surface area contributed by atoms with Gasteiger partial charge >= 0.3 is 0 Å². The molecule has 0 aliphatic carbocycles. The first kappa shape index (κ1) is 11.1. The number of hydrogen-bond donors (Lipinski definition) is 2. The van der Waals surface area contributed by atoms with Gasteiger partial charge in [-0.3, -0.25) is 0 Å². The van der Waals surface area contributed by atoms with Crippen molar-refractivity contribution in [2.75, 3.05) is 7.05 Å². The highest BCUT2D eigenvalue weighted by Gasteiger charge is 2.04. The Balaban J connectivity index is 2.03. The van der Waals surface area contributed by atoms with E-state index >= 15 is 0 Å². The second-order valence-electron chi connectivity index (χ2n) is 4.48. The Morgan fingerprint density at radius 2 is 1.78 bits per heavy atom. The number of aromatic nitrogens is 1. The van der Waals surface area contributed by atoms with Gasteiger partial charge < -0.3 is 10.3 Å². The molecule has 2 aromatic carbocycles. The fourth-order valence-corrected chi connectivity index (χ4v) is 2.32. The van der Waals surface area contributed by atoms with E-state index in [1.54, 1.807) is 0 Å². The Hall–Kier alpha value is -2.06. The first-order valence-corrected chi connectivity index (χ1v) is 6.18. The molecule has 2 heteroatoms. The van der Waals surface area contributed by atoms with E-state index in [1.165, 1.54) is 27.6 Å². The van der Waals surface area contributed by atoms with Crippen molar-refractivity contribution in [2.24, 2.45) is 0 Å². The van der Waals surface area contributed by atoms with Crippen molar-refractivity contribution in [3.8, 4) is 11.1 Å². The van der Waals surface area contributed by atoms with E-state index in [4.69, 9.17) is 0 Å². The van der Waals surface area contributed by atoms with E-state index in [9.17, 15) is 0 Å². The summed E-state index contributed by atoms with van der Waals surface area (Å²) in [4.78, 5) is 3.31. The van der Waals surface area contributed by atoms with Crippen LogP contribution in [0.2, 0.25) is 0 Å². The molecule has 0 atom stereocenters. The maximum atomic E-state index is 3.31. The topological polar surface area (TPSA) is 27.8 Å². The molecule has 0 amide bonds. The standard InChI is InChI=1S/C16H16N2/c1-17-10-12-6-8-13(9-7-12)15-11-18-16-5-3-2-4-14(15)16/h2-9,11,17-18H,10H2,1H3. The molecule has 1 aromatic heterocycles. The molecule has 0 aliphatic rings. The van der Waals surface area contributed by atoms with Crippen molar-refractivity contribution in [1.29, 1.82) is 0 Å². The Morgan fingerprint density at radius 3 is 2.56 bits per heavy atom. The van der Waals surface area contributed by atoms with Crippen LogP contribution in [0, 0.1) is 0 Å². The second-order valence-corrected chi connectivity index (χ2v) is 4.48. The molecule has 0 saturated carbocycles. The zero-order chi connectivity index (χ0) is 12.4. The normalized spacial score (nSPS) is 10.9. The van der Waals surface area contributed by atoms with Gasteiger partial charge in [0, 0.05) is 29.2 Å². The highest BCUT2D eigenvalue weighted by molar-refractivity contribution is 5.95. The summed E-state index contributed by atoms with van der Waals surface area (Å²) in [5, 5.41) is 4.44. The number of hydrogen-bond acceptors (Lipinski definition) is 1. The zero-order valence-electron chi connectivity index (χ0n) is 10.4. The number of aromatic amines is 1. The summed E-state index contributed by atoms with van der Waals surface area (Å²) in [6.07, 6.45) is 2.08. The minimum atomic E-state index is 0.911. The van der Waals surface area contributed by atoms with Crippen LogP contribution in [0.5, 0.6) is 0 Å². The van der Waals surface area contributed by atoms with Crippen molar-refractivity contribution >= 4 is 10.9 Å². The number of nitrogens with one attached hydrogen (secondary N) is 2. The summed E-state index contributed by atoms with van der Waals surface area (Å²) in [5.74, 6) is 0. The molecule has 0 saturated heterocycles. The number of rotatable bonds is 3. The van der Waals surface area contributed by atoms with Crippen LogP contribution in [0.4, 0.5) is 0 Å². The summed E-state index contributed by atoms with van der Waals surface area (Å²) < 4.78 is 0. The quantitative estimate of drug-likeness (QED) is 0.715. The molecule has 18 heavy (non-hydrogen) atoms. The number of para-hydroxylation sites is 1. The minimum absolute atomic E-state index is 0.911. The molecular weight excluding hydrogens is 220 g/mol. The monoisotopic (exact) mass is 236 g/mol. The summed E-state index contributed by atoms with van der Waals surface area (Å²) >= 11 is 0. The largest absolute Gasteiger partial charge is 0.361 e. The third-order valence-electron chi connectivity index (χ3n) is 3.24. The molecule has 1 heterocycles. The lowest BCUT2D eigenvalue weighted by molar-refractivity contribution is 0.818. The number of H-pyrrole nitrogens is 1. The molecule has 90 valence electrons. The predicted octanol–water partition coefficient (Wildman–Crippen LogP) is 3.55. The maximum absolute atomic E-state index is 3.31.